The summed E-state index contributed by atoms with van der Waals surface area (Å²) in [6.45, 7) is 0. The zero-order valence-corrected chi connectivity index (χ0v) is 21.2. The van der Waals surface area contributed by atoms with Crippen molar-refractivity contribution in [2.75, 3.05) is 5.01 Å². The van der Waals surface area contributed by atoms with Crippen molar-refractivity contribution < 1.29 is 18.9 Å². The SMILES string of the molecule is O=C(c1ccccc1)c1ccc(C(=O)N(/N=C/c2ccc([N+](=O)[O-])o2)c2nc3ccc(Br)cc3s2)cc1. The van der Waals surface area contributed by atoms with E-state index in [1.165, 1.54) is 29.7 Å². The van der Waals surface area contributed by atoms with Gasteiger partial charge in [0.1, 0.15) is 4.92 Å². The Bertz CT molecular complexity index is 1660. The van der Waals surface area contributed by atoms with Crippen LogP contribution in [0.5, 0.6) is 0 Å². The number of hydrogen-bond donors (Lipinski definition) is 0. The second-order valence-electron chi connectivity index (χ2n) is 7.68. The molecular formula is C26H15BrN4O5S. The molecule has 5 aromatic rings. The number of anilines is 1. The van der Waals surface area contributed by atoms with Crippen molar-refractivity contribution in [2.45, 2.75) is 0 Å². The molecule has 0 aliphatic carbocycles. The van der Waals surface area contributed by atoms with E-state index < -0.39 is 16.7 Å². The number of furan rings is 1. The van der Waals surface area contributed by atoms with Gasteiger partial charge in [-0.05, 0) is 36.4 Å². The summed E-state index contributed by atoms with van der Waals surface area (Å²) in [7, 11) is 0. The lowest BCUT2D eigenvalue weighted by atomic mass is 10.0. The minimum absolute atomic E-state index is 0.0946. The maximum Gasteiger partial charge on any atom is 0.433 e. The molecule has 0 bridgehead atoms. The van der Waals surface area contributed by atoms with E-state index >= 15 is 0 Å². The van der Waals surface area contributed by atoms with Crippen LogP contribution in [-0.4, -0.2) is 27.8 Å². The Labute approximate surface area is 222 Å². The van der Waals surface area contributed by atoms with Gasteiger partial charge in [0.15, 0.2) is 11.5 Å². The molecule has 0 N–H and O–H groups in total. The third-order valence-corrected chi connectivity index (χ3v) is 6.72. The first-order valence-electron chi connectivity index (χ1n) is 10.8. The van der Waals surface area contributed by atoms with E-state index in [2.05, 4.69) is 26.0 Å². The van der Waals surface area contributed by atoms with Crippen LogP contribution in [0.3, 0.4) is 0 Å². The summed E-state index contributed by atoms with van der Waals surface area (Å²) < 4.78 is 6.82. The van der Waals surface area contributed by atoms with E-state index in [9.17, 15) is 19.7 Å². The molecule has 3 aromatic carbocycles. The lowest BCUT2D eigenvalue weighted by molar-refractivity contribution is -0.402. The van der Waals surface area contributed by atoms with Crippen LogP contribution < -0.4 is 5.01 Å². The van der Waals surface area contributed by atoms with E-state index in [1.54, 1.807) is 48.5 Å². The van der Waals surface area contributed by atoms with E-state index in [4.69, 9.17) is 4.42 Å². The molecule has 0 fully saturated rings. The summed E-state index contributed by atoms with van der Waals surface area (Å²) in [5, 5.41) is 16.6. The van der Waals surface area contributed by atoms with E-state index in [0.717, 1.165) is 14.2 Å². The number of fused-ring (bicyclic) bond motifs is 1. The second-order valence-corrected chi connectivity index (χ2v) is 9.60. The van der Waals surface area contributed by atoms with Crippen molar-refractivity contribution in [1.82, 2.24) is 4.98 Å². The first-order chi connectivity index (χ1) is 17.9. The molecule has 9 nitrogen and oxygen atoms in total. The van der Waals surface area contributed by atoms with Gasteiger partial charge in [-0.25, -0.2) is 4.98 Å². The molecule has 0 unspecified atom stereocenters. The normalized spacial score (nSPS) is 11.2. The van der Waals surface area contributed by atoms with Crippen LogP contribution >= 0.6 is 27.3 Å². The summed E-state index contributed by atoms with van der Waals surface area (Å²) in [5.41, 5.74) is 1.92. The Morgan fingerprint density at radius 1 is 0.973 bits per heavy atom. The minimum atomic E-state index is -0.663. The van der Waals surface area contributed by atoms with Crippen molar-refractivity contribution in [3.8, 4) is 0 Å². The smallest absolute Gasteiger partial charge is 0.400 e. The molecular weight excluding hydrogens is 560 g/mol. The molecule has 182 valence electrons. The third kappa shape index (κ3) is 5.22. The zero-order chi connectivity index (χ0) is 25.9. The summed E-state index contributed by atoms with van der Waals surface area (Å²) in [4.78, 5) is 41.0. The van der Waals surface area contributed by atoms with Crippen LogP contribution in [0.1, 0.15) is 32.0 Å². The summed E-state index contributed by atoms with van der Waals surface area (Å²) in [5.74, 6) is -1.01. The summed E-state index contributed by atoms with van der Waals surface area (Å²) in [6, 6.07) is 23.2. The largest absolute Gasteiger partial charge is 0.433 e. The second kappa shape index (κ2) is 10.2. The number of hydrazone groups is 1. The molecule has 0 atom stereocenters. The lowest BCUT2D eigenvalue weighted by Gasteiger charge is -2.14. The van der Waals surface area contributed by atoms with Gasteiger partial charge in [-0.15, -0.1) is 0 Å². The first-order valence-corrected chi connectivity index (χ1v) is 12.4. The highest BCUT2D eigenvalue weighted by molar-refractivity contribution is 9.10. The van der Waals surface area contributed by atoms with Crippen molar-refractivity contribution in [1.29, 1.82) is 0 Å². The fourth-order valence-corrected chi connectivity index (χ4v) is 4.91. The number of thiazole rings is 1. The number of carbonyl (C=O) groups is 2. The van der Waals surface area contributed by atoms with E-state index in [0.29, 0.717) is 21.8 Å². The van der Waals surface area contributed by atoms with Gasteiger partial charge in [-0.2, -0.15) is 10.1 Å². The maximum atomic E-state index is 13.5. The minimum Gasteiger partial charge on any atom is -0.400 e. The van der Waals surface area contributed by atoms with E-state index in [1.807, 2.05) is 24.3 Å². The van der Waals surface area contributed by atoms with Crippen LogP contribution in [0.4, 0.5) is 11.0 Å². The molecule has 0 aliphatic rings. The molecule has 2 heterocycles. The number of nitrogens with zero attached hydrogens (tertiary/aromatic N) is 4. The van der Waals surface area contributed by atoms with Gasteiger partial charge in [0.2, 0.25) is 5.13 Å². The van der Waals surface area contributed by atoms with Gasteiger partial charge in [-0.1, -0.05) is 69.7 Å². The Hall–Kier alpha value is -4.48. The number of hydrogen-bond acceptors (Lipinski definition) is 8. The molecule has 5 rings (SSSR count). The highest BCUT2D eigenvalue weighted by Crippen LogP contribution is 2.32. The van der Waals surface area contributed by atoms with E-state index in [-0.39, 0.29) is 17.1 Å². The molecule has 0 radical (unpaired) electrons. The van der Waals surface area contributed by atoms with Crippen LogP contribution in [0.15, 0.2) is 98.9 Å². The van der Waals surface area contributed by atoms with Gasteiger partial charge in [0, 0.05) is 21.2 Å². The molecule has 37 heavy (non-hydrogen) atoms. The number of amides is 1. The fourth-order valence-electron chi connectivity index (χ4n) is 3.43. The average molecular weight is 575 g/mol. The lowest BCUT2D eigenvalue weighted by Crippen LogP contribution is -2.25. The van der Waals surface area contributed by atoms with Crippen LogP contribution in [0.25, 0.3) is 10.2 Å². The van der Waals surface area contributed by atoms with Crippen LogP contribution in [0, 0.1) is 10.1 Å². The first kappa shape index (κ1) is 24.2. The number of aromatic nitrogens is 1. The van der Waals surface area contributed by atoms with Gasteiger partial charge in [-0.3, -0.25) is 19.7 Å². The van der Waals surface area contributed by atoms with Gasteiger partial charge >= 0.3 is 5.88 Å². The predicted octanol–water partition coefficient (Wildman–Crippen LogP) is 6.47. The maximum absolute atomic E-state index is 13.5. The number of nitro groups is 1. The molecule has 2 aromatic heterocycles. The molecule has 0 saturated heterocycles. The number of ketones is 1. The summed E-state index contributed by atoms with van der Waals surface area (Å²) >= 11 is 4.68. The van der Waals surface area contributed by atoms with Crippen LogP contribution in [-0.2, 0) is 0 Å². The third-order valence-electron chi connectivity index (χ3n) is 5.24. The molecule has 0 aliphatic heterocycles. The van der Waals surface area contributed by atoms with Crippen molar-refractivity contribution in [2.24, 2.45) is 5.10 Å². The Kier molecular flexibility index (Phi) is 6.71. The molecule has 1 amide bonds. The standard InChI is InChI=1S/C26H15BrN4O5S/c27-19-10-12-21-22(14-19)37-26(29-21)30(28-15-20-11-13-23(36-20)31(34)35)25(33)18-8-6-17(7-9-18)24(32)16-4-2-1-3-5-16/h1-15H/b28-15+. The number of rotatable bonds is 7. The van der Waals surface area contributed by atoms with Gasteiger partial charge < -0.3 is 4.42 Å². The number of carbonyl (C=O) groups excluding carboxylic acids is 2. The Balaban J connectivity index is 1.48. The molecule has 0 spiro atoms. The summed E-state index contributed by atoms with van der Waals surface area (Å²) in [6.07, 6.45) is 1.21. The quantitative estimate of drug-likeness (QED) is 0.0950. The molecule has 11 heteroatoms. The Morgan fingerprint density at radius 3 is 2.38 bits per heavy atom. The Morgan fingerprint density at radius 2 is 1.68 bits per heavy atom. The highest BCUT2D eigenvalue weighted by Gasteiger charge is 2.22. The topological polar surface area (TPSA) is 119 Å². The fraction of sp³-hybridized carbons (Fsp3) is 0. The highest BCUT2D eigenvalue weighted by atomic mass is 79.9. The number of benzene rings is 3. The average Bonchev–Trinajstić information content (AvgIpc) is 3.56. The monoisotopic (exact) mass is 574 g/mol. The molecule has 0 saturated carbocycles. The predicted molar refractivity (Wildman–Crippen MR) is 143 cm³/mol. The van der Waals surface area contributed by atoms with Crippen molar-refractivity contribution in [3.63, 3.8) is 0 Å². The van der Waals surface area contributed by atoms with Gasteiger partial charge in [0.05, 0.1) is 22.5 Å². The van der Waals surface area contributed by atoms with Gasteiger partial charge in [0.25, 0.3) is 5.91 Å². The zero-order valence-electron chi connectivity index (χ0n) is 18.8. The van der Waals surface area contributed by atoms with Crippen molar-refractivity contribution in [3.05, 3.63) is 122 Å². The number of halogens is 1. The van der Waals surface area contributed by atoms with Crippen LogP contribution in [0.2, 0.25) is 0 Å². The van der Waals surface area contributed by atoms with Crippen molar-refractivity contribution >= 4 is 66.4 Å².